The van der Waals surface area contributed by atoms with Gasteiger partial charge in [-0.1, -0.05) is 104 Å². The number of aromatic nitrogens is 2. The van der Waals surface area contributed by atoms with Gasteiger partial charge in [0, 0.05) is 33.1 Å². The van der Waals surface area contributed by atoms with Gasteiger partial charge in [-0.3, -0.25) is 0 Å². The Morgan fingerprint density at radius 3 is 1.76 bits per heavy atom. The molecule has 0 bridgehead atoms. The summed E-state index contributed by atoms with van der Waals surface area (Å²) in [7, 11) is 0. The molecular formula is C43H32N2. The van der Waals surface area contributed by atoms with Crippen molar-refractivity contribution in [3.8, 4) is 22.5 Å². The topological polar surface area (TPSA) is 9.86 Å². The number of para-hydroxylation sites is 3. The second-order valence-electron chi connectivity index (χ2n) is 11.5. The normalized spacial score (nSPS) is 11.9. The molecule has 8 rings (SSSR count). The van der Waals surface area contributed by atoms with Crippen molar-refractivity contribution in [2.45, 2.75) is 6.92 Å². The molecule has 0 unspecified atom stereocenters. The zero-order chi connectivity index (χ0) is 30.3. The summed E-state index contributed by atoms with van der Waals surface area (Å²) in [6.45, 7) is 6.46. The zero-order valence-corrected chi connectivity index (χ0v) is 25.2. The minimum atomic E-state index is 1.09. The molecule has 0 spiro atoms. The van der Waals surface area contributed by atoms with Crippen LogP contribution in [0.3, 0.4) is 0 Å². The van der Waals surface area contributed by atoms with E-state index in [0.717, 1.165) is 17.1 Å². The summed E-state index contributed by atoms with van der Waals surface area (Å²) in [5.74, 6) is 0. The van der Waals surface area contributed by atoms with E-state index in [9.17, 15) is 0 Å². The highest BCUT2D eigenvalue weighted by atomic mass is 15.0. The number of hydrogen-bond acceptors (Lipinski definition) is 0. The van der Waals surface area contributed by atoms with E-state index in [1.165, 1.54) is 60.5 Å². The highest BCUT2D eigenvalue weighted by Gasteiger charge is 2.17. The van der Waals surface area contributed by atoms with Crippen LogP contribution in [0.15, 0.2) is 158 Å². The van der Waals surface area contributed by atoms with Crippen LogP contribution in [0.4, 0.5) is 0 Å². The molecule has 0 aliphatic heterocycles. The number of hydrogen-bond donors (Lipinski definition) is 0. The lowest BCUT2D eigenvalue weighted by Gasteiger charge is -2.09. The molecule has 0 radical (unpaired) electrons. The van der Waals surface area contributed by atoms with E-state index in [-0.39, 0.29) is 0 Å². The molecule has 0 saturated heterocycles. The maximum Gasteiger partial charge on any atom is 0.0541 e. The SMILES string of the molecule is C=Cc1c(/C=C(\C)c2ccc3c(c2)c2cc(-c4ccccc4)ccc2n3-c2ccccc2)c2ccccc2n1-c1ccccc1. The third-order valence-corrected chi connectivity index (χ3v) is 8.86. The van der Waals surface area contributed by atoms with E-state index in [1.54, 1.807) is 0 Å². The van der Waals surface area contributed by atoms with E-state index in [4.69, 9.17) is 0 Å². The number of benzene rings is 6. The van der Waals surface area contributed by atoms with E-state index in [2.05, 4.69) is 180 Å². The van der Waals surface area contributed by atoms with E-state index in [1.807, 2.05) is 6.08 Å². The Hall–Kier alpha value is -5.86. The minimum Gasteiger partial charge on any atom is -0.309 e. The van der Waals surface area contributed by atoms with E-state index in [0.29, 0.717) is 0 Å². The third-order valence-electron chi connectivity index (χ3n) is 8.86. The van der Waals surface area contributed by atoms with Crippen LogP contribution in [-0.4, -0.2) is 9.13 Å². The van der Waals surface area contributed by atoms with Crippen molar-refractivity contribution in [1.29, 1.82) is 0 Å². The average molecular weight is 577 g/mol. The summed E-state index contributed by atoms with van der Waals surface area (Å²) in [6, 6.07) is 54.2. The summed E-state index contributed by atoms with van der Waals surface area (Å²) in [4.78, 5) is 0. The molecule has 6 aromatic carbocycles. The van der Waals surface area contributed by atoms with Crippen molar-refractivity contribution in [3.63, 3.8) is 0 Å². The van der Waals surface area contributed by atoms with Crippen LogP contribution in [0.5, 0.6) is 0 Å². The molecular weight excluding hydrogens is 544 g/mol. The molecule has 0 aliphatic rings. The number of allylic oxidation sites excluding steroid dienone is 1. The van der Waals surface area contributed by atoms with Gasteiger partial charge >= 0.3 is 0 Å². The van der Waals surface area contributed by atoms with Gasteiger partial charge in [0.1, 0.15) is 0 Å². The van der Waals surface area contributed by atoms with Gasteiger partial charge in [0.15, 0.2) is 0 Å². The summed E-state index contributed by atoms with van der Waals surface area (Å²) in [5.41, 5.74) is 13.0. The number of nitrogens with zero attached hydrogens (tertiary/aromatic N) is 2. The molecule has 0 saturated carbocycles. The van der Waals surface area contributed by atoms with Crippen molar-refractivity contribution in [3.05, 3.63) is 175 Å². The second-order valence-corrected chi connectivity index (χ2v) is 11.5. The molecule has 8 aromatic rings. The van der Waals surface area contributed by atoms with Gasteiger partial charge < -0.3 is 9.13 Å². The van der Waals surface area contributed by atoms with Crippen molar-refractivity contribution in [1.82, 2.24) is 9.13 Å². The first kappa shape index (κ1) is 26.7. The van der Waals surface area contributed by atoms with Crippen LogP contribution >= 0.6 is 0 Å². The first-order valence-corrected chi connectivity index (χ1v) is 15.4. The quantitative estimate of drug-likeness (QED) is 0.186. The number of rotatable bonds is 6. The number of fused-ring (bicyclic) bond motifs is 4. The Morgan fingerprint density at radius 1 is 0.511 bits per heavy atom. The van der Waals surface area contributed by atoms with Gasteiger partial charge in [0.25, 0.3) is 0 Å². The Bertz CT molecular complexity index is 2370. The smallest absolute Gasteiger partial charge is 0.0541 e. The van der Waals surface area contributed by atoms with Crippen molar-refractivity contribution < 1.29 is 0 Å². The molecule has 45 heavy (non-hydrogen) atoms. The van der Waals surface area contributed by atoms with Gasteiger partial charge in [-0.05, 0) is 95.9 Å². The molecule has 0 amide bonds. The zero-order valence-electron chi connectivity index (χ0n) is 25.2. The summed E-state index contributed by atoms with van der Waals surface area (Å²) < 4.78 is 4.69. The lowest BCUT2D eigenvalue weighted by molar-refractivity contribution is 1.11. The summed E-state index contributed by atoms with van der Waals surface area (Å²) in [5, 5.41) is 3.70. The fourth-order valence-corrected chi connectivity index (χ4v) is 6.73. The van der Waals surface area contributed by atoms with Gasteiger partial charge in [0.05, 0.1) is 22.2 Å². The molecule has 0 atom stereocenters. The van der Waals surface area contributed by atoms with Crippen LogP contribution in [0.1, 0.15) is 23.7 Å². The van der Waals surface area contributed by atoms with Gasteiger partial charge in [-0.25, -0.2) is 0 Å². The lowest BCUT2D eigenvalue weighted by atomic mass is 9.99. The molecule has 0 fully saturated rings. The van der Waals surface area contributed by atoms with E-state index < -0.39 is 0 Å². The van der Waals surface area contributed by atoms with Crippen LogP contribution < -0.4 is 0 Å². The van der Waals surface area contributed by atoms with Gasteiger partial charge in [-0.15, -0.1) is 0 Å². The van der Waals surface area contributed by atoms with Crippen LogP contribution in [0, 0.1) is 0 Å². The first-order chi connectivity index (χ1) is 22.2. The van der Waals surface area contributed by atoms with Gasteiger partial charge in [-0.2, -0.15) is 0 Å². The summed E-state index contributed by atoms with van der Waals surface area (Å²) >= 11 is 0. The Morgan fingerprint density at radius 2 is 1.07 bits per heavy atom. The molecule has 2 heteroatoms. The maximum absolute atomic E-state index is 4.24. The Kier molecular flexibility index (Phi) is 6.54. The third kappa shape index (κ3) is 4.51. The molecule has 214 valence electrons. The van der Waals surface area contributed by atoms with Gasteiger partial charge in [0.2, 0.25) is 0 Å². The van der Waals surface area contributed by atoms with Crippen molar-refractivity contribution in [2.24, 2.45) is 0 Å². The highest BCUT2D eigenvalue weighted by Crippen LogP contribution is 2.38. The van der Waals surface area contributed by atoms with Crippen molar-refractivity contribution >= 4 is 50.4 Å². The average Bonchev–Trinajstić information content (AvgIpc) is 3.61. The summed E-state index contributed by atoms with van der Waals surface area (Å²) in [6.07, 6.45) is 4.31. The monoisotopic (exact) mass is 576 g/mol. The van der Waals surface area contributed by atoms with Crippen LogP contribution in [-0.2, 0) is 0 Å². The molecule has 2 heterocycles. The van der Waals surface area contributed by atoms with Crippen LogP contribution in [0.2, 0.25) is 0 Å². The lowest BCUT2D eigenvalue weighted by Crippen LogP contribution is -1.96. The maximum atomic E-state index is 4.24. The Balaban J connectivity index is 1.34. The molecule has 2 aromatic heterocycles. The predicted octanol–water partition coefficient (Wildman–Crippen LogP) is 11.6. The minimum absolute atomic E-state index is 1.09. The van der Waals surface area contributed by atoms with E-state index >= 15 is 0 Å². The molecule has 0 aliphatic carbocycles. The van der Waals surface area contributed by atoms with Crippen molar-refractivity contribution in [2.75, 3.05) is 0 Å². The highest BCUT2D eigenvalue weighted by molar-refractivity contribution is 6.11. The van der Waals surface area contributed by atoms with Crippen LogP contribution in [0.25, 0.3) is 72.9 Å². The Labute approximate surface area is 263 Å². The fraction of sp³-hybridized carbons (Fsp3) is 0.0233. The fourth-order valence-electron chi connectivity index (χ4n) is 6.73. The largest absolute Gasteiger partial charge is 0.309 e. The second kappa shape index (κ2) is 11.0. The molecule has 0 N–H and O–H groups in total. The molecule has 2 nitrogen and oxygen atoms in total. The standard InChI is InChI=1S/C43H32N2/c1-3-40-37(36-21-13-14-22-41(36)44(40)34-17-9-5-10-18-34)27-30(2)32-23-25-42-38(28-32)39-29-33(31-15-7-4-8-16-31)24-26-43(39)45(42)35-19-11-6-12-20-35/h3-29H,1H2,2H3/b30-27+. The first-order valence-electron chi connectivity index (χ1n) is 15.4. The predicted molar refractivity (Wildman–Crippen MR) is 193 cm³/mol.